The molecule has 0 rings (SSSR count). The molecule has 0 aromatic heterocycles. The maximum atomic E-state index is 0. The first-order valence-electron chi connectivity index (χ1n) is 0. The second-order valence-corrected chi connectivity index (χ2v) is 0. The third-order valence-corrected chi connectivity index (χ3v) is 0. The van der Waals surface area contributed by atoms with Gasteiger partial charge in [-0.1, -0.05) is 0 Å². The summed E-state index contributed by atoms with van der Waals surface area (Å²) in [5, 5.41) is 0. The van der Waals surface area contributed by atoms with Crippen molar-refractivity contribution in [3.05, 3.63) is 0 Å². The Morgan fingerprint density at radius 3 is 0.375 bits per heavy atom. The Hall–Kier alpha value is 1.18. The smallest absolute Gasteiger partial charge is 0.412 e. The van der Waals surface area contributed by atoms with Crippen LogP contribution in [-0.2, 0) is 19.5 Å². The zero-order chi connectivity index (χ0) is 0. The summed E-state index contributed by atoms with van der Waals surface area (Å²) in [5.41, 5.74) is 0. The summed E-state index contributed by atoms with van der Waals surface area (Å²) < 4.78 is 0. The van der Waals surface area contributed by atoms with Gasteiger partial charge in [-0.15, -0.1) is 0 Å². The summed E-state index contributed by atoms with van der Waals surface area (Å²) in [6.45, 7) is 0. The molecule has 0 saturated carbocycles. The van der Waals surface area contributed by atoms with Gasteiger partial charge in [0.25, 0.3) is 0 Å². The largest absolute Gasteiger partial charge is 2.00 e. The van der Waals surface area contributed by atoms with E-state index >= 15 is 0 Å². The summed E-state index contributed by atoms with van der Waals surface area (Å²) in [6, 6.07) is 0. The SMILES string of the molecule is O.O.O.O.O.O.[Sn].[Zn+2]. The molecule has 0 aliphatic rings. The van der Waals surface area contributed by atoms with E-state index in [4.69, 9.17) is 0 Å². The Labute approximate surface area is 76.2 Å². The second-order valence-electron chi connectivity index (χ2n) is 0. The fraction of sp³-hybridized carbons (Fsp3) is 0. The molecule has 0 spiro atoms. The molecule has 0 aliphatic heterocycles. The van der Waals surface area contributed by atoms with Crippen molar-refractivity contribution in [2.45, 2.75) is 0 Å². The van der Waals surface area contributed by atoms with Crippen molar-refractivity contribution in [2.75, 3.05) is 0 Å². The van der Waals surface area contributed by atoms with Crippen LogP contribution in [0.4, 0.5) is 0 Å². The van der Waals surface area contributed by atoms with Gasteiger partial charge in [0.1, 0.15) is 0 Å². The molecule has 0 unspecified atom stereocenters. The van der Waals surface area contributed by atoms with E-state index in [0.29, 0.717) is 0 Å². The quantitative estimate of drug-likeness (QED) is 0.385. The van der Waals surface area contributed by atoms with Crippen LogP contribution in [0, 0.1) is 0 Å². The average molecular weight is 292 g/mol. The Kier molecular flexibility index (Phi) is 16600. The first-order chi connectivity index (χ1) is 0. The summed E-state index contributed by atoms with van der Waals surface area (Å²) >= 11 is 0. The van der Waals surface area contributed by atoms with Crippen molar-refractivity contribution < 1.29 is 52.3 Å². The van der Waals surface area contributed by atoms with Gasteiger partial charge in [-0.3, -0.25) is 0 Å². The van der Waals surface area contributed by atoms with Gasteiger partial charge in [0, 0.05) is 23.9 Å². The molecule has 0 aliphatic carbocycles. The van der Waals surface area contributed by atoms with Crippen molar-refractivity contribution in [2.24, 2.45) is 0 Å². The minimum atomic E-state index is 0. The predicted octanol–water partition coefficient (Wildman–Crippen LogP) is -5.33. The third-order valence-electron chi connectivity index (χ3n) is 0. The standard InChI is InChI=1S/6H2O.Sn.Zn/h6*1H2;;/q;;;;;;;+2. The first-order valence-corrected chi connectivity index (χ1v) is 0. The Morgan fingerprint density at radius 1 is 0.375 bits per heavy atom. The zero-order valence-electron chi connectivity index (χ0n) is 4.21. The van der Waals surface area contributed by atoms with E-state index in [1.54, 1.807) is 0 Å². The molecule has 0 aromatic carbocycles. The van der Waals surface area contributed by atoms with Crippen LogP contribution in [-0.4, -0.2) is 56.8 Å². The van der Waals surface area contributed by atoms with Crippen molar-refractivity contribution in [3.63, 3.8) is 0 Å². The molecule has 8 heteroatoms. The van der Waals surface area contributed by atoms with Gasteiger partial charge in [-0.25, -0.2) is 0 Å². The van der Waals surface area contributed by atoms with Gasteiger partial charge in [0.2, 0.25) is 0 Å². The van der Waals surface area contributed by atoms with Gasteiger partial charge in [0.15, 0.2) is 0 Å². The normalized spacial score (nSPS) is 0. The zero-order valence-corrected chi connectivity index (χ0v) is 10.0. The van der Waals surface area contributed by atoms with Crippen molar-refractivity contribution in [1.29, 1.82) is 0 Å². The third kappa shape index (κ3) is 196. The molecule has 52 valence electrons. The predicted molar refractivity (Wildman–Crippen MR) is 27.4 cm³/mol. The van der Waals surface area contributed by atoms with Gasteiger partial charge < -0.3 is 32.9 Å². The molecule has 0 amide bonds. The van der Waals surface area contributed by atoms with Crippen LogP contribution in [0.25, 0.3) is 0 Å². The van der Waals surface area contributed by atoms with Crippen molar-refractivity contribution in [1.82, 2.24) is 0 Å². The minimum absolute atomic E-state index is 0. The molecule has 8 heavy (non-hydrogen) atoms. The van der Waals surface area contributed by atoms with Gasteiger partial charge in [-0.2, -0.15) is 0 Å². The van der Waals surface area contributed by atoms with E-state index in [1.165, 1.54) is 0 Å². The summed E-state index contributed by atoms with van der Waals surface area (Å²) in [5.74, 6) is 0. The van der Waals surface area contributed by atoms with Gasteiger partial charge >= 0.3 is 19.5 Å². The van der Waals surface area contributed by atoms with Gasteiger partial charge in [0.05, 0.1) is 0 Å². The molecule has 0 bridgehead atoms. The Bertz CT molecular complexity index is 8.49. The van der Waals surface area contributed by atoms with E-state index in [2.05, 4.69) is 0 Å². The number of hydrogen-bond donors (Lipinski definition) is 0. The Morgan fingerprint density at radius 2 is 0.375 bits per heavy atom. The molecule has 4 radical (unpaired) electrons. The van der Waals surface area contributed by atoms with Crippen LogP contribution in [0.2, 0.25) is 0 Å². The van der Waals surface area contributed by atoms with Crippen LogP contribution in [0.15, 0.2) is 0 Å². The fourth-order valence-corrected chi connectivity index (χ4v) is 0. The van der Waals surface area contributed by atoms with E-state index in [0.717, 1.165) is 0 Å². The second kappa shape index (κ2) is 302. The number of hydrogen-bond acceptors (Lipinski definition) is 0. The van der Waals surface area contributed by atoms with Crippen LogP contribution < -0.4 is 0 Å². The molecule has 0 fully saturated rings. The number of rotatable bonds is 0. The van der Waals surface area contributed by atoms with E-state index in [9.17, 15) is 0 Å². The van der Waals surface area contributed by atoms with Crippen LogP contribution in [0.3, 0.4) is 0 Å². The molecule has 0 saturated heterocycles. The monoisotopic (exact) mass is 292 g/mol. The van der Waals surface area contributed by atoms with Crippen LogP contribution >= 0.6 is 0 Å². The summed E-state index contributed by atoms with van der Waals surface area (Å²) in [7, 11) is 0. The Balaban J connectivity index is 0. The maximum absolute atomic E-state index is 0. The minimum Gasteiger partial charge on any atom is -0.412 e. The molecule has 6 nitrogen and oxygen atoms in total. The topological polar surface area (TPSA) is 189 Å². The van der Waals surface area contributed by atoms with Crippen molar-refractivity contribution >= 4 is 23.9 Å². The van der Waals surface area contributed by atoms with Crippen molar-refractivity contribution in [3.8, 4) is 0 Å². The van der Waals surface area contributed by atoms with Crippen LogP contribution in [0.1, 0.15) is 0 Å². The summed E-state index contributed by atoms with van der Waals surface area (Å²) in [4.78, 5) is 0. The fourth-order valence-electron chi connectivity index (χ4n) is 0. The van der Waals surface area contributed by atoms with Crippen LogP contribution in [0.5, 0.6) is 0 Å². The molecule has 0 aromatic rings. The molecule has 12 N–H and O–H groups in total. The maximum Gasteiger partial charge on any atom is 2.00 e. The van der Waals surface area contributed by atoms with Gasteiger partial charge in [-0.05, 0) is 0 Å². The average Bonchev–Trinajstić information content (AvgIpc) is 0. The first kappa shape index (κ1) is 440. The van der Waals surface area contributed by atoms with E-state index in [1.807, 2.05) is 0 Å². The molecular weight excluding hydrogens is 280 g/mol. The molecule has 0 atom stereocenters. The summed E-state index contributed by atoms with van der Waals surface area (Å²) in [6.07, 6.45) is 0. The molecular formula is H12O6SnZn+2. The molecule has 0 heterocycles. The van der Waals surface area contributed by atoms with E-state index < -0.39 is 0 Å². The van der Waals surface area contributed by atoms with E-state index in [-0.39, 0.29) is 76.2 Å².